The molecule has 132 valence electrons. The Labute approximate surface area is 151 Å². The van der Waals surface area contributed by atoms with Gasteiger partial charge in [-0.2, -0.15) is 0 Å². The Kier molecular flexibility index (Phi) is 6.42. The van der Waals surface area contributed by atoms with E-state index in [1.54, 1.807) is 42.5 Å². The highest BCUT2D eigenvalue weighted by molar-refractivity contribution is 6.31. The zero-order valence-corrected chi connectivity index (χ0v) is 15.1. The van der Waals surface area contributed by atoms with Crippen LogP contribution in [0.15, 0.2) is 42.5 Å². The van der Waals surface area contributed by atoms with Crippen molar-refractivity contribution >= 4 is 29.2 Å². The smallest absolute Gasteiger partial charge is 0.337 e. The third kappa shape index (κ3) is 4.97. The molecule has 1 amide bonds. The second-order valence-electron chi connectivity index (χ2n) is 5.49. The van der Waals surface area contributed by atoms with E-state index in [2.05, 4.69) is 10.1 Å². The number of carbonyl (C=O) groups excluding carboxylic acids is 2. The maximum absolute atomic E-state index is 12.5. The van der Waals surface area contributed by atoms with Crippen LogP contribution in [0.4, 0.5) is 5.69 Å². The molecule has 0 saturated carbocycles. The fourth-order valence-corrected chi connectivity index (χ4v) is 2.36. The first-order chi connectivity index (χ1) is 11.9. The van der Waals surface area contributed by atoms with Gasteiger partial charge in [-0.05, 0) is 55.3 Å². The molecule has 1 N–H and O–H groups in total. The molecule has 2 rings (SSSR count). The average Bonchev–Trinajstić information content (AvgIpc) is 2.62. The van der Waals surface area contributed by atoms with Gasteiger partial charge in [0.15, 0.2) is 6.10 Å². The Bertz CT molecular complexity index is 776. The Balaban J connectivity index is 2.09. The van der Waals surface area contributed by atoms with E-state index < -0.39 is 12.1 Å². The molecule has 0 fully saturated rings. The predicted molar refractivity (Wildman–Crippen MR) is 97.3 cm³/mol. The first-order valence-electron chi connectivity index (χ1n) is 7.86. The lowest BCUT2D eigenvalue weighted by Gasteiger charge is -2.18. The van der Waals surface area contributed by atoms with Crippen molar-refractivity contribution in [3.8, 4) is 5.75 Å². The zero-order valence-electron chi connectivity index (χ0n) is 14.3. The molecule has 0 bridgehead atoms. The molecule has 0 heterocycles. The Hall–Kier alpha value is -2.53. The van der Waals surface area contributed by atoms with E-state index in [-0.39, 0.29) is 5.91 Å². The van der Waals surface area contributed by atoms with Gasteiger partial charge in [-0.15, -0.1) is 0 Å². The fraction of sp³-hybridized carbons (Fsp3) is 0.263. The van der Waals surface area contributed by atoms with Gasteiger partial charge < -0.3 is 14.8 Å². The summed E-state index contributed by atoms with van der Waals surface area (Å²) in [6.45, 7) is 3.73. The van der Waals surface area contributed by atoms with Gasteiger partial charge in [0.05, 0.1) is 12.7 Å². The number of nitrogens with one attached hydrogen (secondary N) is 1. The minimum Gasteiger partial charge on any atom is -0.481 e. The molecule has 2 aromatic rings. The van der Waals surface area contributed by atoms with Gasteiger partial charge in [0.2, 0.25) is 0 Å². The summed E-state index contributed by atoms with van der Waals surface area (Å²) in [7, 11) is 1.31. The van der Waals surface area contributed by atoms with Gasteiger partial charge in [0.1, 0.15) is 5.75 Å². The quantitative estimate of drug-likeness (QED) is 0.782. The van der Waals surface area contributed by atoms with Crippen molar-refractivity contribution in [2.24, 2.45) is 0 Å². The van der Waals surface area contributed by atoms with E-state index in [0.29, 0.717) is 28.4 Å². The summed E-state index contributed by atoms with van der Waals surface area (Å²) in [4.78, 5) is 24.0. The van der Waals surface area contributed by atoms with Crippen LogP contribution < -0.4 is 10.1 Å². The lowest BCUT2D eigenvalue weighted by atomic mass is 10.2. The van der Waals surface area contributed by atoms with Crippen LogP contribution in [0.1, 0.15) is 29.3 Å². The number of anilines is 1. The maximum Gasteiger partial charge on any atom is 0.337 e. The Morgan fingerprint density at radius 3 is 2.60 bits per heavy atom. The van der Waals surface area contributed by atoms with Gasteiger partial charge in [-0.1, -0.05) is 24.6 Å². The number of benzene rings is 2. The van der Waals surface area contributed by atoms with E-state index in [9.17, 15) is 9.59 Å². The number of halogens is 1. The molecule has 0 radical (unpaired) electrons. The average molecular weight is 362 g/mol. The lowest BCUT2D eigenvalue weighted by Crippen LogP contribution is -2.32. The van der Waals surface area contributed by atoms with Gasteiger partial charge in [-0.3, -0.25) is 4.79 Å². The predicted octanol–water partition coefficient (Wildman–Crippen LogP) is 4.23. The summed E-state index contributed by atoms with van der Waals surface area (Å²) in [6, 6.07) is 11.8. The molecule has 1 atom stereocenters. The largest absolute Gasteiger partial charge is 0.481 e. The molecule has 0 unspecified atom stereocenters. The van der Waals surface area contributed by atoms with Gasteiger partial charge in [0.25, 0.3) is 5.91 Å². The summed E-state index contributed by atoms with van der Waals surface area (Å²) in [5.74, 6) is -0.180. The Morgan fingerprint density at radius 1 is 1.20 bits per heavy atom. The molecule has 0 aliphatic carbocycles. The van der Waals surface area contributed by atoms with Crippen molar-refractivity contribution in [2.75, 3.05) is 12.4 Å². The molecule has 0 spiro atoms. The maximum atomic E-state index is 12.5. The highest BCUT2D eigenvalue weighted by Gasteiger charge is 2.19. The first-order valence-corrected chi connectivity index (χ1v) is 8.24. The molecule has 0 aliphatic heterocycles. The van der Waals surface area contributed by atoms with E-state index in [4.69, 9.17) is 16.3 Å². The van der Waals surface area contributed by atoms with Crippen molar-refractivity contribution in [2.45, 2.75) is 26.4 Å². The molecule has 5 nitrogen and oxygen atoms in total. The van der Waals surface area contributed by atoms with Gasteiger partial charge in [0, 0.05) is 10.7 Å². The monoisotopic (exact) mass is 361 g/mol. The van der Waals surface area contributed by atoms with E-state index in [1.165, 1.54) is 7.11 Å². The molecule has 0 saturated heterocycles. The molecule has 25 heavy (non-hydrogen) atoms. The highest BCUT2D eigenvalue weighted by Crippen LogP contribution is 2.23. The number of rotatable bonds is 6. The minimum absolute atomic E-state index is 0.294. The highest BCUT2D eigenvalue weighted by atomic mass is 35.5. The second-order valence-corrected chi connectivity index (χ2v) is 5.89. The molecule has 0 aliphatic rings. The van der Waals surface area contributed by atoms with Gasteiger partial charge >= 0.3 is 5.97 Å². The van der Waals surface area contributed by atoms with Crippen molar-refractivity contribution in [3.05, 3.63) is 58.6 Å². The summed E-state index contributed by atoms with van der Waals surface area (Å²) in [5.41, 5.74) is 1.74. The number of ether oxygens (including phenoxy) is 2. The summed E-state index contributed by atoms with van der Waals surface area (Å²) in [5, 5.41) is 3.40. The number of esters is 1. The van der Waals surface area contributed by atoms with Crippen molar-refractivity contribution in [1.82, 2.24) is 0 Å². The number of carbonyl (C=O) groups is 2. The summed E-state index contributed by atoms with van der Waals surface area (Å²) >= 11 is 6.00. The lowest BCUT2D eigenvalue weighted by molar-refractivity contribution is -0.122. The first kappa shape index (κ1) is 18.8. The second kappa shape index (κ2) is 8.53. The van der Waals surface area contributed by atoms with Crippen molar-refractivity contribution in [1.29, 1.82) is 0 Å². The fourth-order valence-electron chi connectivity index (χ4n) is 2.24. The third-order valence-corrected chi connectivity index (χ3v) is 4.05. The van der Waals surface area contributed by atoms with Crippen LogP contribution in [-0.4, -0.2) is 25.1 Å². The van der Waals surface area contributed by atoms with Crippen molar-refractivity contribution < 1.29 is 19.1 Å². The van der Waals surface area contributed by atoms with E-state index in [1.807, 2.05) is 13.8 Å². The number of methoxy groups -OCH3 is 1. The molecule has 2 aromatic carbocycles. The van der Waals surface area contributed by atoms with Crippen LogP contribution in [0.25, 0.3) is 0 Å². The van der Waals surface area contributed by atoms with Crippen LogP contribution in [0.5, 0.6) is 5.75 Å². The zero-order chi connectivity index (χ0) is 18.4. The van der Waals surface area contributed by atoms with Crippen LogP contribution in [0.3, 0.4) is 0 Å². The number of hydrogen-bond acceptors (Lipinski definition) is 4. The molecular weight excluding hydrogens is 342 g/mol. The van der Waals surface area contributed by atoms with Crippen LogP contribution >= 0.6 is 11.6 Å². The number of aryl methyl sites for hydroxylation is 1. The Morgan fingerprint density at radius 2 is 1.96 bits per heavy atom. The SMILES string of the molecule is CC[C@@H](Oc1ccc(Cl)c(C)c1)C(=O)Nc1cccc(C(=O)OC)c1. The minimum atomic E-state index is -0.664. The molecule has 0 aromatic heterocycles. The summed E-state index contributed by atoms with van der Waals surface area (Å²) < 4.78 is 10.4. The normalized spacial score (nSPS) is 11.5. The van der Waals surface area contributed by atoms with Crippen LogP contribution in [0.2, 0.25) is 5.02 Å². The summed E-state index contributed by atoms with van der Waals surface area (Å²) in [6.07, 6.45) is -0.174. The molecular formula is C19H20ClNO4. The van der Waals surface area contributed by atoms with Crippen molar-refractivity contribution in [3.63, 3.8) is 0 Å². The van der Waals surface area contributed by atoms with E-state index >= 15 is 0 Å². The number of hydrogen-bond donors (Lipinski definition) is 1. The number of amides is 1. The van der Waals surface area contributed by atoms with Gasteiger partial charge in [-0.25, -0.2) is 4.79 Å². The molecule has 6 heteroatoms. The van der Waals surface area contributed by atoms with Crippen LogP contribution in [-0.2, 0) is 9.53 Å². The van der Waals surface area contributed by atoms with E-state index in [0.717, 1.165) is 5.56 Å². The third-order valence-electron chi connectivity index (χ3n) is 3.62. The van der Waals surface area contributed by atoms with Crippen LogP contribution in [0, 0.1) is 6.92 Å². The standard InChI is InChI=1S/C19H20ClNO4/c1-4-17(25-15-8-9-16(20)12(2)10-15)18(22)21-14-7-5-6-13(11-14)19(23)24-3/h5-11,17H,4H2,1-3H3,(H,21,22)/t17-/m1/s1. The topological polar surface area (TPSA) is 64.6 Å².